The van der Waals surface area contributed by atoms with Crippen LogP contribution in [0.3, 0.4) is 0 Å². The van der Waals surface area contributed by atoms with Crippen molar-refractivity contribution in [3.8, 4) is 11.5 Å². The van der Waals surface area contributed by atoms with E-state index in [0.717, 1.165) is 17.1 Å². The lowest BCUT2D eigenvalue weighted by Crippen LogP contribution is -2.45. The fraction of sp³-hybridized carbons (Fsp3) is 0.417. The first kappa shape index (κ1) is 12.9. The first-order chi connectivity index (χ1) is 8.50. The van der Waals surface area contributed by atoms with Gasteiger partial charge in [0.1, 0.15) is 17.2 Å². The molecule has 1 saturated heterocycles. The van der Waals surface area contributed by atoms with E-state index < -0.39 is 5.66 Å². The van der Waals surface area contributed by atoms with Gasteiger partial charge in [0.2, 0.25) is 0 Å². The Kier molecular flexibility index (Phi) is 3.32. The molecule has 18 heavy (non-hydrogen) atoms. The van der Waals surface area contributed by atoms with E-state index in [4.69, 9.17) is 21.7 Å². The van der Waals surface area contributed by atoms with Crippen LogP contribution in [0, 0.1) is 0 Å². The van der Waals surface area contributed by atoms with Gasteiger partial charge in [-0.25, -0.2) is 5.43 Å². The quantitative estimate of drug-likeness (QED) is 0.803. The molecule has 0 unspecified atom stereocenters. The lowest BCUT2D eigenvalue weighted by atomic mass is 10.0. The van der Waals surface area contributed by atoms with Crippen LogP contribution >= 0.6 is 12.2 Å². The molecular formula is C12H17N3O2S. The Morgan fingerprint density at radius 2 is 2.00 bits per heavy atom. The fourth-order valence-electron chi connectivity index (χ4n) is 2.05. The van der Waals surface area contributed by atoms with Crippen molar-refractivity contribution in [2.45, 2.75) is 12.6 Å². The topological polar surface area (TPSA) is 45.8 Å². The van der Waals surface area contributed by atoms with Crippen LogP contribution in [0.1, 0.15) is 12.5 Å². The molecule has 1 aliphatic heterocycles. The molecule has 0 spiro atoms. The van der Waals surface area contributed by atoms with Crippen LogP contribution in [-0.2, 0) is 5.66 Å². The van der Waals surface area contributed by atoms with E-state index in [9.17, 15) is 0 Å². The zero-order valence-corrected chi connectivity index (χ0v) is 11.7. The second-order valence-corrected chi connectivity index (χ2v) is 4.68. The van der Waals surface area contributed by atoms with E-state index in [1.54, 1.807) is 19.2 Å². The second kappa shape index (κ2) is 4.62. The highest BCUT2D eigenvalue weighted by molar-refractivity contribution is 7.80. The minimum absolute atomic E-state index is 0.483. The molecule has 1 aliphatic rings. The van der Waals surface area contributed by atoms with Crippen LogP contribution in [0.5, 0.6) is 11.5 Å². The number of nitrogens with one attached hydrogen (secondary N) is 2. The number of ether oxygens (including phenoxy) is 2. The Hall–Kier alpha value is -1.53. The number of hydrogen-bond acceptors (Lipinski definition) is 4. The SMILES string of the molecule is COc1ccc([C@@]2(C)NC(=S)N(C)N2)c(OC)c1. The van der Waals surface area contributed by atoms with Gasteiger partial charge in [-0.1, -0.05) is 0 Å². The smallest absolute Gasteiger partial charge is 0.185 e. The number of benzene rings is 1. The van der Waals surface area contributed by atoms with Crippen LogP contribution in [0.15, 0.2) is 18.2 Å². The predicted molar refractivity (Wildman–Crippen MR) is 73.5 cm³/mol. The van der Waals surface area contributed by atoms with Crippen LogP contribution in [0.25, 0.3) is 0 Å². The third kappa shape index (κ3) is 2.09. The lowest BCUT2D eigenvalue weighted by Gasteiger charge is -2.27. The molecule has 2 rings (SSSR count). The summed E-state index contributed by atoms with van der Waals surface area (Å²) in [5.41, 5.74) is 3.76. The maximum absolute atomic E-state index is 5.41. The molecule has 0 amide bonds. The van der Waals surface area contributed by atoms with Crippen molar-refractivity contribution >= 4 is 17.3 Å². The second-order valence-electron chi connectivity index (χ2n) is 4.29. The summed E-state index contributed by atoms with van der Waals surface area (Å²) in [5.74, 6) is 1.50. The number of methoxy groups -OCH3 is 2. The van der Waals surface area contributed by atoms with Gasteiger partial charge in [-0.3, -0.25) is 5.01 Å². The molecule has 1 atom stereocenters. The van der Waals surface area contributed by atoms with Gasteiger partial charge in [-0.15, -0.1) is 0 Å². The number of hydrogen-bond donors (Lipinski definition) is 2. The molecule has 98 valence electrons. The highest BCUT2D eigenvalue weighted by atomic mass is 32.1. The highest BCUT2D eigenvalue weighted by Crippen LogP contribution is 2.33. The van der Waals surface area contributed by atoms with Crippen LogP contribution < -0.4 is 20.2 Å². The number of nitrogens with zero attached hydrogens (tertiary/aromatic N) is 1. The van der Waals surface area contributed by atoms with Crippen molar-refractivity contribution in [3.63, 3.8) is 0 Å². The number of rotatable bonds is 3. The summed E-state index contributed by atoms with van der Waals surface area (Å²) < 4.78 is 10.6. The highest BCUT2D eigenvalue weighted by Gasteiger charge is 2.37. The maximum atomic E-state index is 5.41. The molecule has 1 heterocycles. The van der Waals surface area contributed by atoms with Gasteiger partial charge in [0.25, 0.3) is 0 Å². The molecule has 0 aliphatic carbocycles. The van der Waals surface area contributed by atoms with E-state index in [-0.39, 0.29) is 0 Å². The summed E-state index contributed by atoms with van der Waals surface area (Å²) in [4.78, 5) is 0. The van der Waals surface area contributed by atoms with Crippen LogP contribution in [0.2, 0.25) is 0 Å². The van der Waals surface area contributed by atoms with E-state index in [0.29, 0.717) is 5.11 Å². The Bertz CT molecular complexity index is 480. The summed E-state index contributed by atoms with van der Waals surface area (Å²) in [7, 11) is 5.14. The van der Waals surface area contributed by atoms with Crippen molar-refractivity contribution in [1.29, 1.82) is 0 Å². The zero-order valence-electron chi connectivity index (χ0n) is 10.9. The van der Waals surface area contributed by atoms with Crippen molar-refractivity contribution < 1.29 is 9.47 Å². The molecular weight excluding hydrogens is 250 g/mol. The maximum Gasteiger partial charge on any atom is 0.185 e. The lowest BCUT2D eigenvalue weighted by molar-refractivity contribution is 0.257. The Morgan fingerprint density at radius 1 is 1.28 bits per heavy atom. The summed E-state index contributed by atoms with van der Waals surface area (Å²) in [6, 6.07) is 5.71. The molecule has 1 fully saturated rings. The average molecular weight is 267 g/mol. The van der Waals surface area contributed by atoms with Crippen LogP contribution in [0.4, 0.5) is 0 Å². The van der Waals surface area contributed by atoms with Gasteiger partial charge in [-0.2, -0.15) is 0 Å². The fourth-order valence-corrected chi connectivity index (χ4v) is 2.30. The van der Waals surface area contributed by atoms with Gasteiger partial charge in [0, 0.05) is 18.7 Å². The first-order valence-electron chi connectivity index (χ1n) is 5.56. The third-order valence-electron chi connectivity index (χ3n) is 3.00. The Balaban J connectivity index is 2.42. The van der Waals surface area contributed by atoms with Crippen molar-refractivity contribution in [1.82, 2.24) is 15.8 Å². The zero-order chi connectivity index (χ0) is 13.3. The molecule has 5 nitrogen and oxygen atoms in total. The molecule has 0 radical (unpaired) electrons. The normalized spacial score (nSPS) is 22.9. The van der Waals surface area contributed by atoms with Gasteiger partial charge in [-0.05, 0) is 31.3 Å². The van der Waals surface area contributed by atoms with Gasteiger partial charge in [0.15, 0.2) is 5.11 Å². The molecule has 0 saturated carbocycles. The van der Waals surface area contributed by atoms with Crippen molar-refractivity contribution in [3.05, 3.63) is 23.8 Å². The van der Waals surface area contributed by atoms with Crippen LogP contribution in [-0.4, -0.2) is 31.4 Å². The van der Waals surface area contributed by atoms with Gasteiger partial charge in [0.05, 0.1) is 14.2 Å². The molecule has 0 bridgehead atoms. The monoisotopic (exact) mass is 267 g/mol. The molecule has 1 aromatic rings. The molecule has 2 N–H and O–H groups in total. The largest absolute Gasteiger partial charge is 0.497 e. The molecule has 1 aromatic carbocycles. The van der Waals surface area contributed by atoms with E-state index >= 15 is 0 Å². The van der Waals surface area contributed by atoms with Crippen molar-refractivity contribution in [2.75, 3.05) is 21.3 Å². The Morgan fingerprint density at radius 3 is 2.50 bits per heavy atom. The van der Waals surface area contributed by atoms with Gasteiger partial charge < -0.3 is 14.8 Å². The molecule has 0 aromatic heterocycles. The summed E-state index contributed by atoms with van der Waals surface area (Å²) in [6.07, 6.45) is 0. The summed E-state index contributed by atoms with van der Waals surface area (Å²) in [5, 5.41) is 5.66. The van der Waals surface area contributed by atoms with Crippen molar-refractivity contribution in [2.24, 2.45) is 0 Å². The standard InChI is InChI=1S/C12H17N3O2S/c1-12(13-11(18)15(2)14-12)9-6-5-8(16-3)7-10(9)17-4/h5-7,14H,1-4H3,(H,13,18)/t12-/m0/s1. The van der Waals surface area contributed by atoms with E-state index in [1.165, 1.54) is 0 Å². The van der Waals surface area contributed by atoms with E-state index in [1.807, 2.05) is 32.2 Å². The minimum Gasteiger partial charge on any atom is -0.497 e. The number of hydrazine groups is 1. The first-order valence-corrected chi connectivity index (χ1v) is 5.97. The Labute approximate surface area is 112 Å². The van der Waals surface area contributed by atoms with E-state index in [2.05, 4.69) is 10.7 Å². The molecule has 6 heteroatoms. The summed E-state index contributed by atoms with van der Waals surface area (Å²) >= 11 is 5.21. The predicted octanol–water partition coefficient (Wildman–Crippen LogP) is 1.20. The number of thiocarbonyl (C=S) groups is 1. The summed E-state index contributed by atoms with van der Waals surface area (Å²) in [6.45, 7) is 2.01. The third-order valence-corrected chi connectivity index (χ3v) is 3.38. The van der Waals surface area contributed by atoms with Gasteiger partial charge >= 0.3 is 0 Å². The minimum atomic E-state index is -0.483. The average Bonchev–Trinajstić information content (AvgIpc) is 2.63.